The summed E-state index contributed by atoms with van der Waals surface area (Å²) in [6.07, 6.45) is 0.909. The molecular weight excluding hydrogens is 436 g/mol. The number of hydrogen-bond donors (Lipinski definition) is 0. The molecule has 6 heteroatoms. The van der Waals surface area contributed by atoms with Crippen LogP contribution in [0, 0.1) is 0 Å². The van der Waals surface area contributed by atoms with E-state index in [-0.39, 0.29) is 17.1 Å². The normalized spacial score (nSPS) is 10.3. The van der Waals surface area contributed by atoms with Crippen LogP contribution in [0.2, 0.25) is 0 Å². The minimum absolute atomic E-state index is 0.212. The Labute approximate surface area is 177 Å². The number of aryl methyl sites for hydroxylation is 1. The molecule has 0 aromatic heterocycles. The monoisotopic (exact) mass is 454 g/mol. The fourth-order valence-electron chi connectivity index (χ4n) is 2.58. The third-order valence-electron chi connectivity index (χ3n) is 4.22. The number of carbonyl (C=O) groups is 2. The van der Waals surface area contributed by atoms with E-state index in [1.807, 2.05) is 12.1 Å². The molecule has 148 valence electrons. The van der Waals surface area contributed by atoms with Crippen LogP contribution < -0.4 is 14.2 Å². The molecule has 0 N–H and O–H groups in total. The van der Waals surface area contributed by atoms with Gasteiger partial charge in [0.15, 0.2) is 11.5 Å². The summed E-state index contributed by atoms with van der Waals surface area (Å²) in [7, 11) is 1.44. The molecule has 0 fully saturated rings. The van der Waals surface area contributed by atoms with Gasteiger partial charge in [-0.3, -0.25) is 0 Å². The van der Waals surface area contributed by atoms with Gasteiger partial charge in [0.1, 0.15) is 5.75 Å². The van der Waals surface area contributed by atoms with Gasteiger partial charge in [0.05, 0.1) is 18.2 Å². The average Bonchev–Trinajstić information content (AvgIpc) is 2.75. The van der Waals surface area contributed by atoms with Crippen molar-refractivity contribution in [1.29, 1.82) is 0 Å². The first kappa shape index (κ1) is 20.6. The van der Waals surface area contributed by atoms with Gasteiger partial charge in [-0.25, -0.2) is 9.59 Å². The fraction of sp³-hybridized carbons (Fsp3) is 0.130. The van der Waals surface area contributed by atoms with Crippen molar-refractivity contribution in [2.75, 3.05) is 7.11 Å². The lowest BCUT2D eigenvalue weighted by Gasteiger charge is -2.11. The quantitative estimate of drug-likeness (QED) is 0.365. The van der Waals surface area contributed by atoms with Crippen molar-refractivity contribution >= 4 is 27.9 Å². The van der Waals surface area contributed by atoms with E-state index in [4.69, 9.17) is 14.2 Å². The summed E-state index contributed by atoms with van der Waals surface area (Å²) >= 11 is 3.32. The summed E-state index contributed by atoms with van der Waals surface area (Å²) in [4.78, 5) is 24.8. The molecule has 0 saturated heterocycles. The molecule has 0 amide bonds. The van der Waals surface area contributed by atoms with Gasteiger partial charge in [-0.15, -0.1) is 0 Å². The number of carbonyl (C=O) groups excluding carboxylic acids is 2. The van der Waals surface area contributed by atoms with Crippen LogP contribution in [0.15, 0.2) is 71.2 Å². The van der Waals surface area contributed by atoms with E-state index in [2.05, 4.69) is 22.9 Å². The third kappa shape index (κ3) is 5.23. The van der Waals surface area contributed by atoms with Crippen molar-refractivity contribution in [3.8, 4) is 17.2 Å². The van der Waals surface area contributed by atoms with Crippen LogP contribution in [0.1, 0.15) is 33.2 Å². The van der Waals surface area contributed by atoms with Gasteiger partial charge in [0.25, 0.3) is 0 Å². The molecule has 3 rings (SSSR count). The fourth-order valence-corrected chi connectivity index (χ4v) is 2.85. The summed E-state index contributed by atoms with van der Waals surface area (Å²) < 4.78 is 16.9. The van der Waals surface area contributed by atoms with Crippen molar-refractivity contribution in [3.05, 3.63) is 87.9 Å². The molecule has 5 nitrogen and oxygen atoms in total. The van der Waals surface area contributed by atoms with E-state index >= 15 is 0 Å². The molecule has 0 aliphatic rings. The van der Waals surface area contributed by atoms with Gasteiger partial charge in [0, 0.05) is 4.47 Å². The summed E-state index contributed by atoms with van der Waals surface area (Å²) in [5.41, 5.74) is 1.84. The van der Waals surface area contributed by atoms with Gasteiger partial charge < -0.3 is 14.2 Å². The second-order valence-corrected chi connectivity index (χ2v) is 7.06. The third-order valence-corrected chi connectivity index (χ3v) is 4.75. The highest BCUT2D eigenvalue weighted by Gasteiger charge is 2.16. The first-order chi connectivity index (χ1) is 14.0. The van der Waals surface area contributed by atoms with E-state index in [0.29, 0.717) is 11.3 Å². The number of halogens is 1. The van der Waals surface area contributed by atoms with Crippen LogP contribution in [-0.4, -0.2) is 19.0 Å². The summed E-state index contributed by atoms with van der Waals surface area (Å²) in [5, 5.41) is 0. The Kier molecular flexibility index (Phi) is 6.67. The molecule has 0 bridgehead atoms. The Morgan fingerprint density at radius 2 is 1.41 bits per heavy atom. The van der Waals surface area contributed by atoms with E-state index in [9.17, 15) is 9.59 Å². The number of rotatable bonds is 6. The van der Waals surface area contributed by atoms with E-state index in [0.717, 1.165) is 16.5 Å². The zero-order valence-electron chi connectivity index (χ0n) is 16.0. The van der Waals surface area contributed by atoms with Crippen LogP contribution in [-0.2, 0) is 6.42 Å². The maximum absolute atomic E-state index is 12.4. The molecule has 0 spiro atoms. The van der Waals surface area contributed by atoms with Crippen LogP contribution in [0.4, 0.5) is 0 Å². The predicted octanol–water partition coefficient (Wildman–Crippen LogP) is 5.46. The first-order valence-corrected chi connectivity index (χ1v) is 9.76. The minimum Gasteiger partial charge on any atom is -0.493 e. The second-order valence-electron chi connectivity index (χ2n) is 6.15. The molecule has 3 aromatic rings. The Balaban J connectivity index is 1.74. The molecular formula is C23H19BrO5. The molecule has 0 saturated carbocycles. The molecule has 0 heterocycles. The average molecular weight is 455 g/mol. The van der Waals surface area contributed by atoms with Crippen molar-refractivity contribution in [3.63, 3.8) is 0 Å². The second kappa shape index (κ2) is 9.39. The molecule has 0 aliphatic heterocycles. The zero-order chi connectivity index (χ0) is 20.8. The molecule has 0 radical (unpaired) electrons. The van der Waals surface area contributed by atoms with Gasteiger partial charge >= 0.3 is 11.9 Å². The molecule has 0 atom stereocenters. The lowest BCUT2D eigenvalue weighted by Crippen LogP contribution is -2.11. The largest absolute Gasteiger partial charge is 0.493 e. The van der Waals surface area contributed by atoms with Crippen LogP contribution in [0.5, 0.6) is 17.2 Å². The van der Waals surface area contributed by atoms with Crippen molar-refractivity contribution < 1.29 is 23.8 Å². The van der Waals surface area contributed by atoms with E-state index in [1.54, 1.807) is 36.4 Å². The summed E-state index contributed by atoms with van der Waals surface area (Å²) in [6.45, 7) is 2.05. The number of hydrogen-bond acceptors (Lipinski definition) is 5. The molecule has 3 aromatic carbocycles. The minimum atomic E-state index is -0.529. The van der Waals surface area contributed by atoms with Gasteiger partial charge in [-0.05, 0) is 66.6 Å². The van der Waals surface area contributed by atoms with E-state index < -0.39 is 11.9 Å². The summed E-state index contributed by atoms with van der Waals surface area (Å²) in [6, 6.07) is 18.6. The number of methoxy groups -OCH3 is 1. The smallest absolute Gasteiger partial charge is 0.343 e. The SMILES string of the molecule is CCc1ccc(OC(=O)c2ccc(OC(=O)c3ccc(Br)cc3)c(OC)c2)cc1. The van der Waals surface area contributed by atoms with Gasteiger partial charge in [-0.1, -0.05) is 35.0 Å². The Morgan fingerprint density at radius 3 is 2.03 bits per heavy atom. The van der Waals surface area contributed by atoms with Crippen LogP contribution >= 0.6 is 15.9 Å². The predicted molar refractivity (Wildman–Crippen MR) is 113 cm³/mol. The topological polar surface area (TPSA) is 61.8 Å². The van der Waals surface area contributed by atoms with Crippen molar-refractivity contribution in [2.45, 2.75) is 13.3 Å². The van der Waals surface area contributed by atoms with E-state index in [1.165, 1.54) is 25.3 Å². The van der Waals surface area contributed by atoms with Crippen molar-refractivity contribution in [1.82, 2.24) is 0 Å². The van der Waals surface area contributed by atoms with Crippen LogP contribution in [0.25, 0.3) is 0 Å². The molecule has 0 unspecified atom stereocenters. The zero-order valence-corrected chi connectivity index (χ0v) is 17.6. The maximum atomic E-state index is 12.4. The highest BCUT2D eigenvalue weighted by Crippen LogP contribution is 2.29. The Bertz CT molecular complexity index is 1010. The highest BCUT2D eigenvalue weighted by atomic mass is 79.9. The van der Waals surface area contributed by atoms with Gasteiger partial charge in [-0.2, -0.15) is 0 Å². The summed E-state index contributed by atoms with van der Waals surface area (Å²) in [5.74, 6) is -0.132. The molecule has 0 aliphatic carbocycles. The highest BCUT2D eigenvalue weighted by molar-refractivity contribution is 9.10. The Morgan fingerprint density at radius 1 is 0.793 bits per heavy atom. The first-order valence-electron chi connectivity index (χ1n) is 8.97. The van der Waals surface area contributed by atoms with Crippen LogP contribution in [0.3, 0.4) is 0 Å². The van der Waals surface area contributed by atoms with Gasteiger partial charge in [0.2, 0.25) is 0 Å². The molecule has 29 heavy (non-hydrogen) atoms. The standard InChI is InChI=1S/C23H19BrO5/c1-3-15-4-11-19(12-5-15)28-23(26)17-8-13-20(21(14-17)27-2)29-22(25)16-6-9-18(24)10-7-16/h4-14H,3H2,1-2H3. The Hall–Kier alpha value is -3.12. The lowest BCUT2D eigenvalue weighted by atomic mass is 10.1. The number of ether oxygens (including phenoxy) is 3. The van der Waals surface area contributed by atoms with Crippen molar-refractivity contribution in [2.24, 2.45) is 0 Å². The lowest BCUT2D eigenvalue weighted by molar-refractivity contribution is 0.0728. The number of esters is 2. The number of benzene rings is 3. The maximum Gasteiger partial charge on any atom is 0.343 e.